The van der Waals surface area contributed by atoms with E-state index in [1.165, 1.54) is 4.88 Å². The van der Waals surface area contributed by atoms with Crippen LogP contribution in [0.2, 0.25) is 0 Å². The van der Waals surface area contributed by atoms with Crippen LogP contribution in [-0.2, 0) is 6.54 Å². The smallest absolute Gasteiger partial charge is 0.223 e. The lowest BCUT2D eigenvalue weighted by Gasteiger charge is -2.06. The van der Waals surface area contributed by atoms with Crippen molar-refractivity contribution in [2.24, 2.45) is 0 Å². The van der Waals surface area contributed by atoms with Gasteiger partial charge < -0.3 is 16.4 Å². The molecule has 0 aliphatic rings. The summed E-state index contributed by atoms with van der Waals surface area (Å²) in [5, 5.41) is 8.19. The highest BCUT2D eigenvalue weighted by molar-refractivity contribution is 9.10. The van der Waals surface area contributed by atoms with Crippen LogP contribution in [0.25, 0.3) is 0 Å². The molecule has 0 fully saturated rings. The van der Waals surface area contributed by atoms with Crippen LogP contribution in [0.1, 0.15) is 4.88 Å². The molecule has 0 aliphatic carbocycles. The molecule has 0 aromatic carbocycles. The predicted octanol–water partition coefficient (Wildman–Crippen LogP) is 2.54. The van der Waals surface area contributed by atoms with Gasteiger partial charge in [0.15, 0.2) is 0 Å². The van der Waals surface area contributed by atoms with E-state index in [0.29, 0.717) is 11.6 Å². The molecule has 0 amide bonds. The topological polar surface area (TPSA) is 75.9 Å². The van der Waals surface area contributed by atoms with Crippen LogP contribution < -0.4 is 16.4 Å². The van der Waals surface area contributed by atoms with E-state index in [1.807, 2.05) is 11.4 Å². The fourth-order valence-electron chi connectivity index (χ4n) is 1.31. The molecule has 0 aliphatic heterocycles. The van der Waals surface area contributed by atoms with E-state index in [4.69, 9.17) is 5.73 Å². The summed E-state index contributed by atoms with van der Waals surface area (Å²) in [6.07, 6.45) is 0. The molecule has 0 atom stereocenters. The van der Waals surface area contributed by atoms with Crippen LogP contribution in [0.4, 0.5) is 17.6 Å². The number of nitrogens with zero attached hydrogens (tertiary/aromatic N) is 2. The molecular weight excluding hydrogens is 302 g/mol. The van der Waals surface area contributed by atoms with Gasteiger partial charge in [-0.25, -0.2) is 0 Å². The predicted molar refractivity (Wildman–Crippen MR) is 75.3 cm³/mol. The lowest BCUT2D eigenvalue weighted by molar-refractivity contribution is 1.11. The molecule has 2 aromatic rings. The Morgan fingerprint density at radius 1 is 1.35 bits per heavy atom. The molecule has 0 bridgehead atoms. The third-order valence-electron chi connectivity index (χ3n) is 2.07. The maximum absolute atomic E-state index is 5.60. The first-order chi connectivity index (χ1) is 8.17. The first kappa shape index (κ1) is 12.1. The van der Waals surface area contributed by atoms with E-state index < -0.39 is 0 Å². The van der Waals surface area contributed by atoms with Crippen molar-refractivity contribution in [1.29, 1.82) is 0 Å². The van der Waals surface area contributed by atoms with Crippen molar-refractivity contribution in [1.82, 2.24) is 9.97 Å². The van der Waals surface area contributed by atoms with E-state index in [1.54, 1.807) is 18.4 Å². The van der Waals surface area contributed by atoms with Crippen LogP contribution in [0, 0.1) is 0 Å². The normalized spacial score (nSPS) is 10.2. The summed E-state index contributed by atoms with van der Waals surface area (Å²) in [5.74, 6) is 1.67. The standard InChI is InChI=1S/C10H12BrN5S/c1-13-8-3-9(16-10(12)15-8)14-4-7-2-6(11)5-17-7/h2-3,5H,4H2,1H3,(H4,12,13,14,15,16). The molecule has 7 heteroatoms. The van der Waals surface area contributed by atoms with Crippen molar-refractivity contribution in [2.75, 3.05) is 23.4 Å². The van der Waals surface area contributed by atoms with E-state index in [2.05, 4.69) is 42.6 Å². The molecule has 0 saturated carbocycles. The zero-order valence-corrected chi connectivity index (χ0v) is 11.6. The van der Waals surface area contributed by atoms with E-state index >= 15 is 0 Å². The van der Waals surface area contributed by atoms with Crippen molar-refractivity contribution in [3.05, 3.63) is 26.9 Å². The van der Waals surface area contributed by atoms with Crippen molar-refractivity contribution in [3.8, 4) is 0 Å². The minimum atomic E-state index is 0.256. The van der Waals surface area contributed by atoms with Crippen molar-refractivity contribution in [3.63, 3.8) is 0 Å². The Hall–Kier alpha value is -1.34. The van der Waals surface area contributed by atoms with Gasteiger partial charge in [0, 0.05) is 27.8 Å². The van der Waals surface area contributed by atoms with Crippen molar-refractivity contribution < 1.29 is 0 Å². The Kier molecular flexibility index (Phi) is 3.80. The summed E-state index contributed by atoms with van der Waals surface area (Å²) in [6, 6.07) is 3.89. The summed E-state index contributed by atoms with van der Waals surface area (Å²) >= 11 is 5.10. The summed E-state index contributed by atoms with van der Waals surface area (Å²) in [6.45, 7) is 0.718. The van der Waals surface area contributed by atoms with E-state index in [0.717, 1.165) is 11.0 Å². The zero-order valence-electron chi connectivity index (χ0n) is 9.20. The maximum Gasteiger partial charge on any atom is 0.223 e. The van der Waals surface area contributed by atoms with Gasteiger partial charge in [0.1, 0.15) is 11.6 Å². The molecule has 4 N–H and O–H groups in total. The van der Waals surface area contributed by atoms with Gasteiger partial charge in [-0.2, -0.15) is 9.97 Å². The fraction of sp³-hybridized carbons (Fsp3) is 0.200. The van der Waals surface area contributed by atoms with Crippen molar-refractivity contribution >= 4 is 44.9 Å². The summed E-state index contributed by atoms with van der Waals surface area (Å²) in [5.41, 5.74) is 5.60. The van der Waals surface area contributed by atoms with Crippen LogP contribution >= 0.6 is 27.3 Å². The molecular formula is C10H12BrN5S. The second-order valence-electron chi connectivity index (χ2n) is 3.33. The highest BCUT2D eigenvalue weighted by Crippen LogP contribution is 2.21. The highest BCUT2D eigenvalue weighted by atomic mass is 79.9. The molecule has 2 aromatic heterocycles. The number of hydrogen-bond donors (Lipinski definition) is 3. The summed E-state index contributed by atoms with van der Waals surface area (Å²) in [4.78, 5) is 9.36. The largest absolute Gasteiger partial charge is 0.373 e. The highest BCUT2D eigenvalue weighted by Gasteiger charge is 2.02. The minimum absolute atomic E-state index is 0.256. The first-order valence-electron chi connectivity index (χ1n) is 4.96. The van der Waals surface area contributed by atoms with Gasteiger partial charge in [-0.1, -0.05) is 0 Å². The Bertz CT molecular complexity index is 513. The van der Waals surface area contributed by atoms with Crippen LogP contribution in [0.3, 0.4) is 0 Å². The zero-order chi connectivity index (χ0) is 12.3. The molecule has 2 heterocycles. The summed E-state index contributed by atoms with van der Waals surface area (Å²) in [7, 11) is 1.79. The second-order valence-corrected chi connectivity index (χ2v) is 5.24. The third-order valence-corrected chi connectivity index (χ3v) is 3.76. The Labute approximate surface area is 112 Å². The van der Waals surface area contributed by atoms with E-state index in [-0.39, 0.29) is 5.95 Å². The van der Waals surface area contributed by atoms with Gasteiger partial charge in [0.05, 0.1) is 6.54 Å². The number of aromatic nitrogens is 2. The lowest BCUT2D eigenvalue weighted by atomic mass is 10.4. The number of hydrogen-bond acceptors (Lipinski definition) is 6. The van der Waals surface area contributed by atoms with Gasteiger partial charge in [0.25, 0.3) is 0 Å². The maximum atomic E-state index is 5.60. The van der Waals surface area contributed by atoms with Gasteiger partial charge in [-0.15, -0.1) is 11.3 Å². The number of halogens is 1. The molecule has 90 valence electrons. The minimum Gasteiger partial charge on any atom is -0.373 e. The monoisotopic (exact) mass is 313 g/mol. The van der Waals surface area contributed by atoms with Crippen molar-refractivity contribution in [2.45, 2.75) is 6.54 Å². The number of anilines is 3. The SMILES string of the molecule is CNc1cc(NCc2cc(Br)cs2)nc(N)n1. The fourth-order valence-corrected chi connectivity index (χ4v) is 2.70. The number of thiophene rings is 1. The lowest BCUT2D eigenvalue weighted by Crippen LogP contribution is -2.05. The molecule has 0 radical (unpaired) electrons. The Balaban J connectivity index is 2.05. The van der Waals surface area contributed by atoms with Gasteiger partial charge >= 0.3 is 0 Å². The van der Waals surface area contributed by atoms with E-state index in [9.17, 15) is 0 Å². The third kappa shape index (κ3) is 3.31. The molecule has 0 unspecified atom stereocenters. The van der Waals surface area contributed by atoms with Gasteiger partial charge in [-0.05, 0) is 22.0 Å². The molecule has 5 nitrogen and oxygen atoms in total. The number of rotatable bonds is 4. The van der Waals surface area contributed by atoms with Crippen LogP contribution in [0.15, 0.2) is 22.0 Å². The average molecular weight is 314 g/mol. The molecule has 0 saturated heterocycles. The van der Waals surface area contributed by atoms with Crippen LogP contribution in [-0.4, -0.2) is 17.0 Å². The Morgan fingerprint density at radius 3 is 2.76 bits per heavy atom. The first-order valence-corrected chi connectivity index (χ1v) is 6.64. The van der Waals surface area contributed by atoms with Gasteiger partial charge in [0.2, 0.25) is 5.95 Å². The molecule has 2 rings (SSSR count). The summed E-state index contributed by atoms with van der Waals surface area (Å²) < 4.78 is 1.09. The molecule has 17 heavy (non-hydrogen) atoms. The quantitative estimate of drug-likeness (QED) is 0.808. The number of nitrogens with two attached hydrogens (primary N) is 1. The number of nitrogen functional groups attached to an aromatic ring is 1. The Morgan fingerprint density at radius 2 is 2.12 bits per heavy atom. The second kappa shape index (κ2) is 5.33. The molecule has 0 spiro atoms. The average Bonchev–Trinajstić information content (AvgIpc) is 2.72. The van der Waals surface area contributed by atoms with Crippen LogP contribution in [0.5, 0.6) is 0 Å². The van der Waals surface area contributed by atoms with Gasteiger partial charge in [-0.3, -0.25) is 0 Å². The number of nitrogens with one attached hydrogen (secondary N) is 2.